The fraction of sp³-hybridized carbons (Fsp3) is 0.0500. The van der Waals surface area contributed by atoms with E-state index in [2.05, 4.69) is 26.0 Å². The number of aryl methyl sites for hydroxylation is 1. The minimum atomic E-state index is -4.07. The van der Waals surface area contributed by atoms with Crippen LogP contribution in [0.5, 0.6) is 0 Å². The largest absolute Gasteiger partial charge is 0.322 e. The van der Waals surface area contributed by atoms with Crippen molar-refractivity contribution in [1.29, 1.82) is 0 Å². The Morgan fingerprint density at radius 2 is 1.75 bits per heavy atom. The molecule has 5 nitrogen and oxygen atoms in total. The second kappa shape index (κ2) is 8.12. The zero-order chi connectivity index (χ0) is 20.3. The number of carbonyl (C=O) groups excluding carboxylic acids is 1. The lowest BCUT2D eigenvalue weighted by atomic mass is 10.1. The van der Waals surface area contributed by atoms with E-state index in [4.69, 9.17) is 0 Å². The third-order valence-electron chi connectivity index (χ3n) is 3.96. The highest BCUT2D eigenvalue weighted by Gasteiger charge is 2.19. The average Bonchev–Trinajstić information content (AvgIpc) is 2.63. The van der Waals surface area contributed by atoms with Gasteiger partial charge in [0.05, 0.1) is 10.6 Å². The fourth-order valence-electron chi connectivity index (χ4n) is 2.53. The summed E-state index contributed by atoms with van der Waals surface area (Å²) in [7, 11) is -4.07. The lowest BCUT2D eigenvalue weighted by Gasteiger charge is -2.12. The maximum atomic E-state index is 13.8. The van der Waals surface area contributed by atoms with Crippen molar-refractivity contribution in [3.63, 3.8) is 0 Å². The zero-order valence-electron chi connectivity index (χ0n) is 14.7. The average molecular weight is 463 g/mol. The first-order chi connectivity index (χ1) is 13.3. The molecular weight excluding hydrogens is 447 g/mol. The quantitative estimate of drug-likeness (QED) is 0.563. The topological polar surface area (TPSA) is 75.3 Å². The van der Waals surface area contributed by atoms with Crippen molar-refractivity contribution < 1.29 is 17.6 Å². The smallest absolute Gasteiger partial charge is 0.262 e. The first-order valence-electron chi connectivity index (χ1n) is 8.21. The molecule has 0 bridgehead atoms. The van der Waals surface area contributed by atoms with Gasteiger partial charge in [-0.05, 0) is 55.0 Å². The predicted molar refractivity (Wildman–Crippen MR) is 110 cm³/mol. The minimum absolute atomic E-state index is 0.138. The number of nitrogens with one attached hydrogen (secondary N) is 2. The number of carbonyl (C=O) groups is 1. The van der Waals surface area contributed by atoms with Crippen LogP contribution in [0.2, 0.25) is 0 Å². The normalized spacial score (nSPS) is 11.1. The van der Waals surface area contributed by atoms with Crippen molar-refractivity contribution in [2.75, 3.05) is 10.0 Å². The predicted octanol–water partition coefficient (Wildman–Crippen LogP) is 4.95. The van der Waals surface area contributed by atoms with E-state index in [1.54, 1.807) is 25.1 Å². The van der Waals surface area contributed by atoms with Gasteiger partial charge in [0.25, 0.3) is 15.9 Å². The molecule has 0 saturated heterocycles. The number of sulfonamides is 1. The van der Waals surface area contributed by atoms with Gasteiger partial charge in [0.15, 0.2) is 0 Å². The number of hydrogen-bond acceptors (Lipinski definition) is 3. The molecule has 0 aromatic heterocycles. The van der Waals surface area contributed by atoms with Crippen LogP contribution < -0.4 is 10.0 Å². The van der Waals surface area contributed by atoms with Crippen molar-refractivity contribution >= 4 is 43.2 Å². The molecule has 3 rings (SSSR count). The van der Waals surface area contributed by atoms with Crippen LogP contribution in [0.1, 0.15) is 15.9 Å². The van der Waals surface area contributed by atoms with Crippen LogP contribution in [-0.4, -0.2) is 14.3 Å². The standard InChI is InChI=1S/C20H16BrFN2O3S/c1-13-9-10-16(28(26,27)24-19-8-3-2-7-18(19)22)12-17(13)20(25)23-15-6-4-5-14(21)11-15/h2-12,24H,1H3,(H,23,25). The number of rotatable bonds is 5. The Bertz CT molecular complexity index is 1150. The molecule has 0 unspecified atom stereocenters. The third kappa shape index (κ3) is 4.58. The number of amides is 1. The Morgan fingerprint density at radius 3 is 2.46 bits per heavy atom. The SMILES string of the molecule is Cc1ccc(S(=O)(=O)Nc2ccccc2F)cc1C(=O)Nc1cccc(Br)c1. The summed E-state index contributed by atoms with van der Waals surface area (Å²) >= 11 is 3.33. The summed E-state index contributed by atoms with van der Waals surface area (Å²) in [6.45, 7) is 1.70. The summed E-state index contributed by atoms with van der Waals surface area (Å²) < 4.78 is 42.0. The van der Waals surface area contributed by atoms with Crippen molar-refractivity contribution in [2.45, 2.75) is 11.8 Å². The molecule has 2 N–H and O–H groups in total. The molecule has 144 valence electrons. The lowest BCUT2D eigenvalue weighted by molar-refractivity contribution is 0.102. The molecule has 28 heavy (non-hydrogen) atoms. The maximum Gasteiger partial charge on any atom is 0.262 e. The van der Waals surface area contributed by atoms with Crippen LogP contribution in [0.25, 0.3) is 0 Å². The van der Waals surface area contributed by atoms with E-state index >= 15 is 0 Å². The molecule has 0 aliphatic heterocycles. The molecule has 1 amide bonds. The summed E-state index contributed by atoms with van der Waals surface area (Å²) in [5, 5.41) is 2.73. The van der Waals surface area contributed by atoms with Gasteiger partial charge in [-0.15, -0.1) is 0 Å². The molecule has 3 aromatic rings. The number of para-hydroxylation sites is 1. The molecule has 3 aromatic carbocycles. The van der Waals surface area contributed by atoms with E-state index in [-0.39, 0.29) is 16.1 Å². The molecule has 0 radical (unpaired) electrons. The van der Waals surface area contributed by atoms with Crippen LogP contribution >= 0.6 is 15.9 Å². The first-order valence-corrected chi connectivity index (χ1v) is 10.5. The number of hydrogen-bond donors (Lipinski definition) is 2. The van der Waals surface area contributed by atoms with Crippen LogP contribution in [0.3, 0.4) is 0 Å². The Kier molecular flexibility index (Phi) is 5.81. The Labute approximate surface area is 170 Å². The van der Waals surface area contributed by atoms with Crippen LogP contribution in [-0.2, 0) is 10.0 Å². The third-order valence-corrected chi connectivity index (χ3v) is 5.82. The molecule has 0 heterocycles. The Hall–Kier alpha value is -2.71. The Morgan fingerprint density at radius 1 is 1.00 bits per heavy atom. The summed E-state index contributed by atoms with van der Waals surface area (Å²) in [6, 6.07) is 16.7. The molecule has 0 atom stereocenters. The van der Waals surface area contributed by atoms with Gasteiger partial charge in [-0.2, -0.15) is 0 Å². The van der Waals surface area contributed by atoms with Crippen LogP contribution in [0, 0.1) is 12.7 Å². The monoisotopic (exact) mass is 462 g/mol. The second-order valence-electron chi connectivity index (χ2n) is 6.03. The molecule has 0 saturated carbocycles. The van der Waals surface area contributed by atoms with Gasteiger partial charge in [-0.3, -0.25) is 9.52 Å². The van der Waals surface area contributed by atoms with Crippen molar-refractivity contribution in [3.8, 4) is 0 Å². The van der Waals surface area contributed by atoms with Gasteiger partial charge >= 0.3 is 0 Å². The molecule has 0 fully saturated rings. The van der Waals surface area contributed by atoms with E-state index in [1.807, 2.05) is 6.07 Å². The highest BCUT2D eigenvalue weighted by Crippen LogP contribution is 2.22. The summed E-state index contributed by atoms with van der Waals surface area (Å²) in [5.41, 5.74) is 1.22. The molecule has 0 aliphatic rings. The van der Waals surface area contributed by atoms with Crippen molar-refractivity contribution in [1.82, 2.24) is 0 Å². The number of anilines is 2. The van der Waals surface area contributed by atoms with E-state index in [9.17, 15) is 17.6 Å². The van der Waals surface area contributed by atoms with Crippen LogP contribution in [0.4, 0.5) is 15.8 Å². The van der Waals surface area contributed by atoms with Crippen molar-refractivity contribution in [2.24, 2.45) is 0 Å². The summed E-state index contributed by atoms with van der Waals surface area (Å²) in [4.78, 5) is 12.5. The molecular formula is C20H16BrFN2O3S. The maximum absolute atomic E-state index is 13.8. The van der Waals surface area contributed by atoms with Gasteiger partial charge in [-0.1, -0.05) is 40.2 Å². The minimum Gasteiger partial charge on any atom is -0.322 e. The van der Waals surface area contributed by atoms with Gasteiger partial charge in [0, 0.05) is 15.7 Å². The summed E-state index contributed by atoms with van der Waals surface area (Å²) in [6.07, 6.45) is 0. The van der Waals surface area contributed by atoms with E-state index in [0.29, 0.717) is 11.3 Å². The van der Waals surface area contributed by atoms with E-state index < -0.39 is 21.7 Å². The number of halogens is 2. The highest BCUT2D eigenvalue weighted by molar-refractivity contribution is 9.10. The van der Waals surface area contributed by atoms with Gasteiger partial charge in [0.1, 0.15) is 5.82 Å². The van der Waals surface area contributed by atoms with E-state index in [1.165, 1.54) is 36.4 Å². The molecule has 8 heteroatoms. The molecule has 0 spiro atoms. The zero-order valence-corrected chi connectivity index (χ0v) is 17.1. The summed E-state index contributed by atoms with van der Waals surface area (Å²) in [5.74, 6) is -1.13. The fourth-order valence-corrected chi connectivity index (χ4v) is 4.02. The number of benzene rings is 3. The van der Waals surface area contributed by atoms with Crippen molar-refractivity contribution in [3.05, 3.63) is 88.1 Å². The van der Waals surface area contributed by atoms with Gasteiger partial charge in [-0.25, -0.2) is 12.8 Å². The van der Waals surface area contributed by atoms with Gasteiger partial charge < -0.3 is 5.32 Å². The highest BCUT2D eigenvalue weighted by atomic mass is 79.9. The first kappa shape index (κ1) is 20.0. The van der Waals surface area contributed by atoms with Gasteiger partial charge in [0.2, 0.25) is 0 Å². The van der Waals surface area contributed by atoms with E-state index in [0.717, 1.165) is 10.5 Å². The lowest BCUT2D eigenvalue weighted by Crippen LogP contribution is -2.17. The Balaban J connectivity index is 1.90. The second-order valence-corrected chi connectivity index (χ2v) is 8.62. The molecule has 0 aliphatic carbocycles. The van der Waals surface area contributed by atoms with Crippen LogP contribution in [0.15, 0.2) is 76.1 Å².